The minimum atomic E-state index is -0.466. The van der Waals surface area contributed by atoms with E-state index in [1.54, 1.807) is 25.3 Å². The van der Waals surface area contributed by atoms with Crippen molar-refractivity contribution in [3.05, 3.63) is 80.9 Å². The summed E-state index contributed by atoms with van der Waals surface area (Å²) >= 11 is 0. The molecule has 6 rings (SSSR count). The maximum Gasteiger partial charge on any atom is 0.269 e. The highest BCUT2D eigenvalue weighted by Crippen LogP contribution is 2.33. The molecule has 0 amide bonds. The van der Waals surface area contributed by atoms with Gasteiger partial charge in [0.1, 0.15) is 0 Å². The van der Waals surface area contributed by atoms with Gasteiger partial charge in [-0.25, -0.2) is 4.98 Å². The van der Waals surface area contributed by atoms with Crippen LogP contribution >= 0.6 is 0 Å². The van der Waals surface area contributed by atoms with E-state index >= 15 is 0 Å². The molecule has 2 aromatic carbocycles. The fraction of sp³-hybridized carbons (Fsp3) is 0.167. The van der Waals surface area contributed by atoms with Crippen molar-refractivity contribution >= 4 is 22.4 Å². The Morgan fingerprint density at radius 3 is 2.69 bits per heavy atom. The number of hydrogen-bond donors (Lipinski definition) is 0. The second kappa shape index (κ2) is 7.90. The van der Waals surface area contributed by atoms with Gasteiger partial charge in [-0.1, -0.05) is 0 Å². The Morgan fingerprint density at radius 2 is 1.89 bits per heavy atom. The number of aromatic nitrogens is 5. The molecule has 0 aliphatic carbocycles. The highest BCUT2D eigenvalue weighted by molar-refractivity contribution is 5.79. The van der Waals surface area contributed by atoms with Crippen LogP contribution in [0.1, 0.15) is 12.0 Å². The normalized spacial score (nSPS) is 13.2. The Labute approximate surface area is 197 Å². The molecule has 3 aromatic heterocycles. The average molecular weight is 470 g/mol. The molecule has 35 heavy (non-hydrogen) atoms. The maximum atomic E-state index is 13.3. The van der Waals surface area contributed by atoms with Crippen LogP contribution in [0.5, 0.6) is 11.5 Å². The molecule has 11 heteroatoms. The number of benzene rings is 2. The Morgan fingerprint density at radius 1 is 1.06 bits per heavy atom. The summed E-state index contributed by atoms with van der Waals surface area (Å²) in [6, 6.07) is 11.6. The van der Waals surface area contributed by atoms with Gasteiger partial charge in [0.2, 0.25) is 0 Å². The fourth-order valence-corrected chi connectivity index (χ4v) is 4.16. The molecule has 0 spiro atoms. The zero-order valence-corrected chi connectivity index (χ0v) is 18.5. The smallest absolute Gasteiger partial charge is 0.269 e. The number of non-ortho nitro benzene ring substituents is 1. The number of hydrogen-bond acceptors (Lipinski definition) is 8. The quantitative estimate of drug-likeness (QED) is 0.290. The lowest BCUT2D eigenvalue weighted by Gasteiger charge is -2.10. The van der Waals surface area contributed by atoms with E-state index in [0.29, 0.717) is 58.5 Å². The molecule has 0 fully saturated rings. The first-order chi connectivity index (χ1) is 17.0. The van der Waals surface area contributed by atoms with Gasteiger partial charge in [0, 0.05) is 36.5 Å². The summed E-state index contributed by atoms with van der Waals surface area (Å²) < 4.78 is 14.4. The summed E-state index contributed by atoms with van der Waals surface area (Å²) in [5.74, 6) is 2.11. The van der Waals surface area contributed by atoms with Crippen molar-refractivity contribution in [1.82, 2.24) is 24.1 Å². The van der Waals surface area contributed by atoms with Gasteiger partial charge in [-0.05, 0) is 42.8 Å². The molecule has 0 N–H and O–H groups in total. The van der Waals surface area contributed by atoms with Crippen molar-refractivity contribution in [2.24, 2.45) is 0 Å². The fourth-order valence-electron chi connectivity index (χ4n) is 4.16. The summed E-state index contributed by atoms with van der Waals surface area (Å²) in [5.41, 5.74) is 2.09. The molecule has 0 saturated heterocycles. The van der Waals surface area contributed by atoms with E-state index in [9.17, 15) is 14.9 Å². The third kappa shape index (κ3) is 3.44. The first kappa shape index (κ1) is 20.8. The lowest BCUT2D eigenvalue weighted by Crippen LogP contribution is -2.19. The van der Waals surface area contributed by atoms with E-state index in [1.807, 2.05) is 18.2 Å². The maximum absolute atomic E-state index is 13.3. The monoisotopic (exact) mass is 470 g/mol. The molecule has 1 aliphatic heterocycles. The van der Waals surface area contributed by atoms with Crippen LogP contribution in [-0.4, -0.2) is 42.3 Å². The van der Waals surface area contributed by atoms with Crippen LogP contribution in [0.3, 0.4) is 0 Å². The number of fused-ring (bicyclic) bond motifs is 4. The van der Waals surface area contributed by atoms with Crippen LogP contribution in [0.2, 0.25) is 0 Å². The molecule has 0 saturated carbocycles. The number of rotatable bonds is 3. The van der Waals surface area contributed by atoms with Crippen LogP contribution < -0.4 is 15.0 Å². The third-order valence-electron chi connectivity index (χ3n) is 5.89. The molecular weight excluding hydrogens is 452 g/mol. The number of nitro benzene ring substituents is 1. The summed E-state index contributed by atoms with van der Waals surface area (Å²) in [6.07, 6.45) is 3.90. The standard InChI is InChI=1S/C24H18N6O5/c1-14-11-16(30(32)33)4-5-18(14)28-8-7-19-17(23(28)31)13-25-24-26-22(27-29(19)24)15-3-6-20-21(12-15)35-10-2-9-34-20/h3-8,11-13H,2,9-10H2,1H3. The zero-order valence-electron chi connectivity index (χ0n) is 18.5. The van der Waals surface area contributed by atoms with Gasteiger partial charge in [-0.2, -0.15) is 9.50 Å². The van der Waals surface area contributed by atoms with E-state index in [-0.39, 0.29) is 11.2 Å². The van der Waals surface area contributed by atoms with Gasteiger partial charge in [0.05, 0.1) is 34.7 Å². The van der Waals surface area contributed by atoms with E-state index in [4.69, 9.17) is 9.47 Å². The molecule has 11 nitrogen and oxygen atoms in total. The first-order valence-electron chi connectivity index (χ1n) is 10.9. The van der Waals surface area contributed by atoms with Crippen molar-refractivity contribution in [1.29, 1.82) is 0 Å². The van der Waals surface area contributed by atoms with Crippen molar-refractivity contribution in [2.45, 2.75) is 13.3 Å². The van der Waals surface area contributed by atoms with Crippen molar-refractivity contribution in [2.75, 3.05) is 13.2 Å². The van der Waals surface area contributed by atoms with Crippen LogP contribution in [0.15, 0.2) is 59.7 Å². The van der Waals surface area contributed by atoms with Crippen LogP contribution in [0.4, 0.5) is 5.69 Å². The summed E-state index contributed by atoms with van der Waals surface area (Å²) in [5, 5.41) is 16.0. The molecule has 174 valence electrons. The molecule has 4 heterocycles. The lowest BCUT2D eigenvalue weighted by atomic mass is 10.1. The largest absolute Gasteiger partial charge is 0.490 e. The predicted octanol–water partition coefficient (Wildman–Crippen LogP) is 3.47. The number of nitro groups is 1. The number of pyridine rings is 1. The topological polar surface area (TPSA) is 127 Å². The van der Waals surface area contributed by atoms with E-state index in [0.717, 1.165) is 12.0 Å². The van der Waals surface area contributed by atoms with Gasteiger partial charge < -0.3 is 9.47 Å². The van der Waals surface area contributed by atoms with Gasteiger partial charge in [0.25, 0.3) is 17.0 Å². The van der Waals surface area contributed by atoms with Crippen molar-refractivity contribution in [3.63, 3.8) is 0 Å². The van der Waals surface area contributed by atoms with Gasteiger partial charge >= 0.3 is 0 Å². The second-order valence-electron chi connectivity index (χ2n) is 8.14. The van der Waals surface area contributed by atoms with Crippen LogP contribution in [-0.2, 0) is 0 Å². The zero-order chi connectivity index (χ0) is 24.1. The van der Waals surface area contributed by atoms with Crippen LogP contribution in [0, 0.1) is 17.0 Å². The van der Waals surface area contributed by atoms with Crippen molar-refractivity contribution in [3.8, 4) is 28.6 Å². The molecule has 1 aliphatic rings. The Kier molecular flexibility index (Phi) is 4.69. The molecular formula is C24H18N6O5. The molecule has 0 unspecified atom stereocenters. The first-order valence-corrected chi connectivity index (χ1v) is 10.9. The Balaban J connectivity index is 1.45. The van der Waals surface area contributed by atoms with E-state index < -0.39 is 4.92 Å². The van der Waals surface area contributed by atoms with Gasteiger partial charge in [0.15, 0.2) is 17.3 Å². The third-order valence-corrected chi connectivity index (χ3v) is 5.89. The SMILES string of the molecule is Cc1cc([N+](=O)[O-])ccc1-n1ccc2c(cnc3nc(-c4ccc5c(c4)OCCCO5)nn32)c1=O. The summed E-state index contributed by atoms with van der Waals surface area (Å²) in [7, 11) is 0. The van der Waals surface area contributed by atoms with Crippen molar-refractivity contribution < 1.29 is 14.4 Å². The highest BCUT2D eigenvalue weighted by Gasteiger charge is 2.17. The van der Waals surface area contributed by atoms with Gasteiger partial charge in [-0.3, -0.25) is 19.5 Å². The van der Waals surface area contributed by atoms with E-state index in [2.05, 4.69) is 15.1 Å². The molecule has 0 radical (unpaired) electrons. The predicted molar refractivity (Wildman–Crippen MR) is 126 cm³/mol. The highest BCUT2D eigenvalue weighted by atomic mass is 16.6. The van der Waals surface area contributed by atoms with Gasteiger partial charge in [-0.15, -0.1) is 5.10 Å². The van der Waals surface area contributed by atoms with E-state index in [1.165, 1.54) is 27.4 Å². The number of aryl methyl sites for hydroxylation is 1. The minimum Gasteiger partial charge on any atom is -0.490 e. The molecule has 0 bridgehead atoms. The average Bonchev–Trinajstić information content (AvgIpc) is 3.16. The lowest BCUT2D eigenvalue weighted by molar-refractivity contribution is -0.384. The molecule has 5 aromatic rings. The number of nitrogens with zero attached hydrogens (tertiary/aromatic N) is 6. The molecule has 0 atom stereocenters. The summed E-state index contributed by atoms with van der Waals surface area (Å²) in [4.78, 5) is 32.8. The number of ether oxygens (including phenoxy) is 2. The minimum absolute atomic E-state index is 0.0339. The van der Waals surface area contributed by atoms with Crippen LogP contribution in [0.25, 0.3) is 33.8 Å². The Hall–Kier alpha value is -4.80. The summed E-state index contributed by atoms with van der Waals surface area (Å²) in [6.45, 7) is 2.90. The Bertz CT molecular complexity index is 1710. The second-order valence-corrected chi connectivity index (χ2v) is 8.14.